The van der Waals surface area contributed by atoms with E-state index in [4.69, 9.17) is 4.74 Å². The molecule has 1 heterocycles. The molecule has 1 aliphatic rings. The quantitative estimate of drug-likeness (QED) is 0.574. The van der Waals surface area contributed by atoms with E-state index in [1.807, 2.05) is 0 Å². The zero-order valence-electron chi connectivity index (χ0n) is 14.7. The molecule has 0 saturated heterocycles. The van der Waals surface area contributed by atoms with E-state index in [-0.39, 0.29) is 22.7 Å². The minimum Gasteiger partial charge on any atom is -0.490 e. The number of carbonyl (C=O) groups excluding carboxylic acids is 1. The third-order valence-electron chi connectivity index (χ3n) is 4.27. The van der Waals surface area contributed by atoms with E-state index in [0.29, 0.717) is 30.6 Å². The van der Waals surface area contributed by atoms with E-state index in [2.05, 4.69) is 4.74 Å². The second-order valence-corrected chi connectivity index (χ2v) is 6.04. The van der Waals surface area contributed by atoms with Gasteiger partial charge in [-0.1, -0.05) is 0 Å². The molecule has 0 saturated carbocycles. The fourth-order valence-electron chi connectivity index (χ4n) is 3.10. The highest BCUT2D eigenvalue weighted by Gasteiger charge is 2.32. The predicted molar refractivity (Wildman–Crippen MR) is 92.8 cm³/mol. The van der Waals surface area contributed by atoms with Gasteiger partial charge >= 0.3 is 12.0 Å². The van der Waals surface area contributed by atoms with Crippen LogP contribution in [0.2, 0.25) is 0 Å². The molecule has 3 rings (SSSR count). The summed E-state index contributed by atoms with van der Waals surface area (Å²) in [6.07, 6.45) is -3.79. The maximum absolute atomic E-state index is 12.9. The van der Waals surface area contributed by atoms with Crippen molar-refractivity contribution >= 4 is 17.3 Å². The lowest BCUT2D eigenvalue weighted by molar-refractivity contribution is -0.385. The fraction of sp³-hybridized carbons (Fsp3) is 0.278. The first-order valence-electron chi connectivity index (χ1n) is 8.22. The largest absolute Gasteiger partial charge is 0.573 e. The Kier molecular flexibility index (Phi) is 5.12. The highest BCUT2D eigenvalue weighted by Crippen LogP contribution is 2.34. The molecule has 148 valence electrons. The lowest BCUT2D eigenvalue weighted by atomic mass is 10.00. The third-order valence-corrected chi connectivity index (χ3v) is 4.27. The van der Waals surface area contributed by atoms with Gasteiger partial charge in [-0.3, -0.25) is 14.9 Å². The molecule has 2 aromatic carbocycles. The second kappa shape index (κ2) is 7.37. The molecular weight excluding hydrogens is 381 g/mol. The molecule has 28 heavy (non-hydrogen) atoms. The predicted octanol–water partition coefficient (Wildman–Crippen LogP) is 4.10. The first-order chi connectivity index (χ1) is 13.2. The standard InChI is InChI=1S/C18H15F3N2O5/c1-27-16-7-4-12(10-15(16)23(25)26)17(24)22-8-2-3-11-9-13(5-6-14(11)22)28-18(19,20)21/h4-7,9-10H,2-3,8H2,1H3. The van der Waals surface area contributed by atoms with Crippen LogP contribution in [0.1, 0.15) is 22.3 Å². The third kappa shape index (κ3) is 4.00. The highest BCUT2D eigenvalue weighted by atomic mass is 19.4. The number of nitrogens with zero attached hydrogens (tertiary/aromatic N) is 2. The van der Waals surface area contributed by atoms with E-state index in [1.165, 1.54) is 36.3 Å². The maximum atomic E-state index is 12.9. The molecule has 1 aliphatic heterocycles. The van der Waals surface area contributed by atoms with Crippen molar-refractivity contribution in [2.45, 2.75) is 19.2 Å². The summed E-state index contributed by atoms with van der Waals surface area (Å²) in [5, 5.41) is 11.2. The van der Waals surface area contributed by atoms with Crippen molar-refractivity contribution in [2.24, 2.45) is 0 Å². The van der Waals surface area contributed by atoms with Gasteiger partial charge < -0.3 is 14.4 Å². The second-order valence-electron chi connectivity index (χ2n) is 6.04. The van der Waals surface area contributed by atoms with E-state index >= 15 is 0 Å². The number of nitro groups is 1. The number of benzene rings is 2. The Labute approximate surface area is 157 Å². The molecule has 2 aromatic rings. The Bertz CT molecular complexity index is 930. The van der Waals surface area contributed by atoms with E-state index in [0.717, 1.165) is 12.1 Å². The monoisotopic (exact) mass is 396 g/mol. The van der Waals surface area contributed by atoms with Crippen molar-refractivity contribution in [3.8, 4) is 11.5 Å². The number of amides is 1. The number of ether oxygens (including phenoxy) is 2. The van der Waals surface area contributed by atoms with Crippen LogP contribution in [-0.2, 0) is 6.42 Å². The average Bonchev–Trinajstić information content (AvgIpc) is 2.64. The number of halogens is 3. The smallest absolute Gasteiger partial charge is 0.490 e. The Morgan fingerprint density at radius 3 is 2.61 bits per heavy atom. The van der Waals surface area contributed by atoms with E-state index in [9.17, 15) is 28.1 Å². The first-order valence-corrected chi connectivity index (χ1v) is 8.22. The van der Waals surface area contributed by atoms with Crippen LogP contribution in [-0.4, -0.2) is 30.8 Å². The first kappa shape index (κ1) is 19.5. The maximum Gasteiger partial charge on any atom is 0.573 e. The van der Waals surface area contributed by atoms with Gasteiger partial charge in [0.2, 0.25) is 0 Å². The zero-order valence-corrected chi connectivity index (χ0v) is 14.7. The van der Waals surface area contributed by atoms with E-state index < -0.39 is 17.2 Å². The van der Waals surface area contributed by atoms with Crippen LogP contribution >= 0.6 is 0 Å². The number of hydrogen-bond acceptors (Lipinski definition) is 5. The van der Waals surface area contributed by atoms with Gasteiger partial charge in [0.15, 0.2) is 5.75 Å². The molecule has 0 unspecified atom stereocenters. The fourth-order valence-corrected chi connectivity index (χ4v) is 3.10. The lowest BCUT2D eigenvalue weighted by Crippen LogP contribution is -2.35. The number of carbonyl (C=O) groups is 1. The molecule has 7 nitrogen and oxygen atoms in total. The SMILES string of the molecule is COc1ccc(C(=O)N2CCCc3cc(OC(F)(F)F)ccc32)cc1[N+](=O)[O-]. The van der Waals surface area contributed by atoms with Crippen LogP contribution in [0.25, 0.3) is 0 Å². The summed E-state index contributed by atoms with van der Waals surface area (Å²) >= 11 is 0. The van der Waals surface area contributed by atoms with Gasteiger partial charge in [0, 0.05) is 23.9 Å². The van der Waals surface area contributed by atoms with Crippen molar-refractivity contribution in [1.82, 2.24) is 0 Å². The summed E-state index contributed by atoms with van der Waals surface area (Å²) in [6.45, 7) is 0.338. The molecule has 0 spiro atoms. The summed E-state index contributed by atoms with van der Waals surface area (Å²) in [7, 11) is 1.28. The van der Waals surface area contributed by atoms with Gasteiger partial charge in [-0.25, -0.2) is 0 Å². The van der Waals surface area contributed by atoms with Gasteiger partial charge in [-0.05, 0) is 48.7 Å². The van der Waals surface area contributed by atoms with Crippen molar-refractivity contribution in [3.63, 3.8) is 0 Å². The number of anilines is 1. The highest BCUT2D eigenvalue weighted by molar-refractivity contribution is 6.07. The molecule has 0 fully saturated rings. The van der Waals surface area contributed by atoms with Gasteiger partial charge in [-0.15, -0.1) is 13.2 Å². The minimum absolute atomic E-state index is 0.0227. The molecule has 0 bridgehead atoms. The molecule has 1 amide bonds. The molecule has 0 aromatic heterocycles. The normalized spacial score (nSPS) is 13.6. The van der Waals surface area contributed by atoms with Crippen molar-refractivity contribution in [1.29, 1.82) is 0 Å². The Hall–Kier alpha value is -3.30. The minimum atomic E-state index is -4.81. The average molecular weight is 396 g/mol. The van der Waals surface area contributed by atoms with Crippen molar-refractivity contribution in [2.75, 3.05) is 18.6 Å². The number of aryl methyl sites for hydroxylation is 1. The molecular formula is C18H15F3N2O5. The molecule has 10 heteroatoms. The number of nitro benzene ring substituents is 1. The van der Waals surface area contributed by atoms with E-state index in [1.54, 1.807) is 0 Å². The summed E-state index contributed by atoms with van der Waals surface area (Å²) in [5.74, 6) is -0.827. The number of methoxy groups -OCH3 is 1. The summed E-state index contributed by atoms with van der Waals surface area (Å²) in [4.78, 5) is 24.8. The Balaban J connectivity index is 1.93. The van der Waals surface area contributed by atoms with Crippen LogP contribution in [0.15, 0.2) is 36.4 Å². The zero-order chi connectivity index (χ0) is 20.5. The number of hydrogen-bond donors (Lipinski definition) is 0. The molecule has 0 atom stereocenters. The van der Waals surface area contributed by atoms with Crippen LogP contribution in [0, 0.1) is 10.1 Å². The van der Waals surface area contributed by atoms with Gasteiger partial charge in [0.25, 0.3) is 5.91 Å². The summed E-state index contributed by atoms with van der Waals surface area (Å²) in [6, 6.07) is 7.62. The molecule has 0 aliphatic carbocycles. The van der Waals surface area contributed by atoms with Crippen LogP contribution in [0.5, 0.6) is 11.5 Å². The lowest BCUT2D eigenvalue weighted by Gasteiger charge is -2.30. The van der Waals surface area contributed by atoms with Crippen LogP contribution < -0.4 is 14.4 Å². The summed E-state index contributed by atoms with van der Waals surface area (Å²) < 4.78 is 46.1. The van der Waals surface area contributed by atoms with Crippen LogP contribution in [0.3, 0.4) is 0 Å². The van der Waals surface area contributed by atoms with Gasteiger partial charge in [-0.2, -0.15) is 0 Å². The van der Waals surface area contributed by atoms with Crippen molar-refractivity contribution in [3.05, 3.63) is 57.6 Å². The van der Waals surface area contributed by atoms with Crippen molar-refractivity contribution < 1.29 is 32.4 Å². The number of rotatable bonds is 4. The summed E-state index contributed by atoms with van der Waals surface area (Å²) in [5.41, 5.74) is 0.712. The Morgan fingerprint density at radius 2 is 1.96 bits per heavy atom. The number of alkyl halides is 3. The topological polar surface area (TPSA) is 81.9 Å². The molecule has 0 N–H and O–H groups in total. The van der Waals surface area contributed by atoms with Crippen LogP contribution in [0.4, 0.5) is 24.5 Å². The van der Waals surface area contributed by atoms with Gasteiger partial charge in [0.05, 0.1) is 12.0 Å². The molecule has 0 radical (unpaired) electrons. The van der Waals surface area contributed by atoms with Gasteiger partial charge in [0.1, 0.15) is 5.75 Å². The number of fused-ring (bicyclic) bond motifs is 1. The Morgan fingerprint density at radius 1 is 1.21 bits per heavy atom.